The molecular formula is C20H20ClN3O2S2. The number of amides is 1. The monoisotopic (exact) mass is 433 g/mol. The molecule has 3 aromatic rings. The standard InChI is InChI=1S/C20H20ClN3O2S2/c1-4-8-24-19(26)15-10-14(5-2)28-18(15)23-20(24)27-11-17(25)22-16-7-6-13(21)9-12(16)3/h4,6-7,9-10H,1,5,8,11H2,2-3H3,(H,22,25). The van der Waals surface area contributed by atoms with Crippen molar-refractivity contribution in [2.24, 2.45) is 0 Å². The molecule has 0 radical (unpaired) electrons. The molecular weight excluding hydrogens is 414 g/mol. The molecule has 0 atom stereocenters. The largest absolute Gasteiger partial charge is 0.325 e. The van der Waals surface area contributed by atoms with Crippen molar-refractivity contribution in [3.63, 3.8) is 0 Å². The second kappa shape index (κ2) is 8.94. The molecule has 2 heterocycles. The summed E-state index contributed by atoms with van der Waals surface area (Å²) < 4.78 is 1.56. The Labute approximate surface area is 176 Å². The SMILES string of the molecule is C=CCn1c(SCC(=O)Nc2ccc(Cl)cc2C)nc2sc(CC)cc2c1=O. The van der Waals surface area contributed by atoms with Crippen molar-refractivity contribution < 1.29 is 4.79 Å². The number of thioether (sulfide) groups is 1. The van der Waals surface area contributed by atoms with Crippen LogP contribution in [-0.2, 0) is 17.8 Å². The van der Waals surface area contributed by atoms with E-state index in [1.54, 1.807) is 28.8 Å². The normalized spacial score (nSPS) is 11.0. The Kier molecular flexibility index (Phi) is 6.59. The summed E-state index contributed by atoms with van der Waals surface area (Å²) in [5.41, 5.74) is 1.50. The zero-order valence-corrected chi connectivity index (χ0v) is 18.0. The van der Waals surface area contributed by atoms with Gasteiger partial charge in [-0.25, -0.2) is 4.98 Å². The van der Waals surface area contributed by atoms with Crippen LogP contribution in [0.15, 0.2) is 46.9 Å². The molecule has 0 saturated carbocycles. The molecule has 3 rings (SSSR count). The Bertz CT molecular complexity index is 1100. The number of nitrogens with one attached hydrogen (secondary N) is 1. The Morgan fingerprint density at radius 2 is 2.21 bits per heavy atom. The van der Waals surface area contributed by atoms with Crippen LogP contribution in [-0.4, -0.2) is 21.2 Å². The topological polar surface area (TPSA) is 64.0 Å². The highest BCUT2D eigenvalue weighted by Gasteiger charge is 2.15. The van der Waals surface area contributed by atoms with Crippen LogP contribution < -0.4 is 10.9 Å². The second-order valence-electron chi connectivity index (χ2n) is 6.18. The van der Waals surface area contributed by atoms with E-state index in [1.807, 2.05) is 19.9 Å². The number of anilines is 1. The molecule has 0 fully saturated rings. The van der Waals surface area contributed by atoms with Crippen LogP contribution in [0.3, 0.4) is 0 Å². The molecule has 146 valence electrons. The number of carbonyl (C=O) groups is 1. The molecule has 0 saturated heterocycles. The van der Waals surface area contributed by atoms with E-state index >= 15 is 0 Å². The van der Waals surface area contributed by atoms with Crippen molar-refractivity contribution in [2.75, 3.05) is 11.1 Å². The first-order valence-corrected chi connectivity index (χ1v) is 10.9. The van der Waals surface area contributed by atoms with E-state index in [2.05, 4.69) is 16.9 Å². The van der Waals surface area contributed by atoms with Crippen LogP contribution in [0, 0.1) is 6.92 Å². The predicted molar refractivity (Wildman–Crippen MR) is 119 cm³/mol. The van der Waals surface area contributed by atoms with E-state index in [9.17, 15) is 9.59 Å². The zero-order chi connectivity index (χ0) is 20.3. The molecule has 5 nitrogen and oxygen atoms in total. The highest BCUT2D eigenvalue weighted by Crippen LogP contribution is 2.25. The summed E-state index contributed by atoms with van der Waals surface area (Å²) in [6.45, 7) is 8.00. The van der Waals surface area contributed by atoms with Crippen molar-refractivity contribution in [3.05, 3.63) is 62.7 Å². The van der Waals surface area contributed by atoms with Crippen LogP contribution in [0.5, 0.6) is 0 Å². The summed E-state index contributed by atoms with van der Waals surface area (Å²) in [6, 6.07) is 7.20. The summed E-state index contributed by atoms with van der Waals surface area (Å²) in [5, 5.41) is 4.63. The fourth-order valence-electron chi connectivity index (χ4n) is 2.71. The van der Waals surface area contributed by atoms with Crippen LogP contribution in [0.1, 0.15) is 17.4 Å². The van der Waals surface area contributed by atoms with Crippen LogP contribution in [0.25, 0.3) is 10.2 Å². The van der Waals surface area contributed by atoms with Crippen molar-refractivity contribution in [1.82, 2.24) is 9.55 Å². The number of hydrogen-bond acceptors (Lipinski definition) is 5. The van der Waals surface area contributed by atoms with Crippen LogP contribution in [0.2, 0.25) is 5.02 Å². The fourth-order valence-corrected chi connectivity index (χ4v) is 4.75. The molecule has 0 aliphatic rings. The third-order valence-electron chi connectivity index (χ3n) is 4.12. The lowest BCUT2D eigenvalue weighted by molar-refractivity contribution is -0.113. The number of aryl methyl sites for hydroxylation is 2. The summed E-state index contributed by atoms with van der Waals surface area (Å²) in [5.74, 6) is -0.0289. The lowest BCUT2D eigenvalue weighted by Gasteiger charge is -2.11. The van der Waals surface area contributed by atoms with Gasteiger partial charge in [0.1, 0.15) is 4.83 Å². The Balaban J connectivity index is 1.82. The van der Waals surface area contributed by atoms with E-state index in [4.69, 9.17) is 11.6 Å². The van der Waals surface area contributed by atoms with Gasteiger partial charge in [-0.1, -0.05) is 36.4 Å². The first-order valence-electron chi connectivity index (χ1n) is 8.76. The van der Waals surface area contributed by atoms with E-state index in [-0.39, 0.29) is 17.2 Å². The summed E-state index contributed by atoms with van der Waals surface area (Å²) >= 11 is 8.71. The highest BCUT2D eigenvalue weighted by molar-refractivity contribution is 7.99. The lowest BCUT2D eigenvalue weighted by atomic mass is 10.2. The van der Waals surface area contributed by atoms with Gasteiger partial charge in [0.2, 0.25) is 5.91 Å². The van der Waals surface area contributed by atoms with Gasteiger partial charge in [0.25, 0.3) is 5.56 Å². The van der Waals surface area contributed by atoms with Gasteiger partial charge >= 0.3 is 0 Å². The summed E-state index contributed by atoms with van der Waals surface area (Å²) in [4.78, 5) is 31.7. The second-order valence-corrected chi connectivity index (χ2v) is 8.67. The number of thiophene rings is 1. The first kappa shape index (κ1) is 20.6. The molecule has 0 aliphatic heterocycles. The van der Waals surface area contributed by atoms with E-state index in [1.165, 1.54) is 23.1 Å². The van der Waals surface area contributed by atoms with Gasteiger partial charge in [0.05, 0.1) is 11.1 Å². The Morgan fingerprint density at radius 1 is 1.43 bits per heavy atom. The van der Waals surface area contributed by atoms with Crippen molar-refractivity contribution in [1.29, 1.82) is 0 Å². The Hall–Kier alpha value is -2.09. The number of halogens is 1. The van der Waals surface area contributed by atoms with Gasteiger partial charge in [0, 0.05) is 22.1 Å². The number of allylic oxidation sites excluding steroid dienone is 1. The maximum atomic E-state index is 12.8. The molecule has 0 spiro atoms. The molecule has 8 heteroatoms. The number of hydrogen-bond donors (Lipinski definition) is 1. The van der Waals surface area contributed by atoms with Gasteiger partial charge in [0.15, 0.2) is 5.16 Å². The minimum Gasteiger partial charge on any atom is -0.325 e. The van der Waals surface area contributed by atoms with Gasteiger partial charge < -0.3 is 5.32 Å². The number of carbonyl (C=O) groups excluding carboxylic acids is 1. The maximum absolute atomic E-state index is 12.8. The fraction of sp³-hybridized carbons (Fsp3) is 0.250. The molecule has 1 aromatic carbocycles. The minimum absolute atomic E-state index is 0.0997. The third kappa shape index (κ3) is 4.48. The number of fused-ring (bicyclic) bond motifs is 1. The summed E-state index contributed by atoms with van der Waals surface area (Å²) in [7, 11) is 0. The third-order valence-corrected chi connectivity index (χ3v) is 6.51. The lowest BCUT2D eigenvalue weighted by Crippen LogP contribution is -2.23. The highest BCUT2D eigenvalue weighted by atomic mass is 35.5. The quantitative estimate of drug-likeness (QED) is 0.327. The van der Waals surface area contributed by atoms with Gasteiger partial charge in [-0.3, -0.25) is 14.2 Å². The van der Waals surface area contributed by atoms with E-state index in [0.29, 0.717) is 32.6 Å². The summed E-state index contributed by atoms with van der Waals surface area (Å²) in [6.07, 6.45) is 2.51. The average Bonchev–Trinajstić information content (AvgIpc) is 3.08. The Morgan fingerprint density at radius 3 is 2.89 bits per heavy atom. The smallest absolute Gasteiger partial charge is 0.263 e. The van der Waals surface area contributed by atoms with Gasteiger partial charge in [-0.2, -0.15) is 0 Å². The molecule has 2 aromatic heterocycles. The number of benzene rings is 1. The molecule has 0 aliphatic carbocycles. The van der Waals surface area contributed by atoms with Crippen molar-refractivity contribution in [2.45, 2.75) is 32.0 Å². The van der Waals surface area contributed by atoms with Crippen LogP contribution in [0.4, 0.5) is 5.69 Å². The number of nitrogens with zero attached hydrogens (tertiary/aromatic N) is 2. The van der Waals surface area contributed by atoms with Crippen molar-refractivity contribution in [3.8, 4) is 0 Å². The van der Waals surface area contributed by atoms with Gasteiger partial charge in [-0.05, 0) is 43.2 Å². The number of rotatable bonds is 7. The molecule has 28 heavy (non-hydrogen) atoms. The van der Waals surface area contributed by atoms with Gasteiger partial charge in [-0.15, -0.1) is 17.9 Å². The van der Waals surface area contributed by atoms with Crippen molar-refractivity contribution >= 4 is 56.5 Å². The minimum atomic E-state index is -0.171. The molecule has 1 N–H and O–H groups in total. The molecule has 0 unspecified atom stereocenters. The predicted octanol–water partition coefficient (Wildman–Crippen LogP) is 4.90. The molecule has 0 bridgehead atoms. The average molecular weight is 434 g/mol. The zero-order valence-electron chi connectivity index (χ0n) is 15.6. The molecule has 1 amide bonds. The first-order chi connectivity index (χ1) is 13.4. The maximum Gasteiger partial charge on any atom is 0.263 e. The van der Waals surface area contributed by atoms with E-state index in [0.717, 1.165) is 16.9 Å². The van der Waals surface area contributed by atoms with Crippen LogP contribution >= 0.6 is 34.7 Å². The number of aromatic nitrogens is 2. The van der Waals surface area contributed by atoms with E-state index < -0.39 is 0 Å².